The first-order valence-corrected chi connectivity index (χ1v) is 5.87. The third-order valence-electron chi connectivity index (χ3n) is 1.98. The molecule has 18 heavy (non-hydrogen) atoms. The lowest BCUT2D eigenvalue weighted by atomic mass is 10.0. The maximum Gasteiger partial charge on any atom is 0.452 e. The first-order valence-electron chi connectivity index (χ1n) is 5.10. The van der Waals surface area contributed by atoms with E-state index in [9.17, 15) is 18.0 Å². The summed E-state index contributed by atoms with van der Waals surface area (Å²) in [5.41, 5.74) is 0. The van der Waals surface area contributed by atoms with Gasteiger partial charge in [-0.1, -0.05) is 13.8 Å². The van der Waals surface area contributed by atoms with Gasteiger partial charge in [-0.2, -0.15) is 22.5 Å². The summed E-state index contributed by atoms with van der Waals surface area (Å²) in [4.78, 5) is 14.1. The number of halogens is 3. The van der Waals surface area contributed by atoms with E-state index in [0.29, 0.717) is 11.5 Å². The van der Waals surface area contributed by atoms with Crippen LogP contribution in [0.3, 0.4) is 0 Å². The fourth-order valence-electron chi connectivity index (χ4n) is 1.24. The van der Waals surface area contributed by atoms with Crippen molar-refractivity contribution >= 4 is 22.6 Å². The molecular formula is C9H12F3N3O2S. The van der Waals surface area contributed by atoms with E-state index in [0.717, 1.165) is 0 Å². The molecule has 0 aliphatic carbocycles. The Morgan fingerprint density at radius 1 is 1.50 bits per heavy atom. The summed E-state index contributed by atoms with van der Waals surface area (Å²) >= 11 is 0.494. The van der Waals surface area contributed by atoms with Crippen molar-refractivity contribution in [3.05, 3.63) is 5.82 Å². The van der Waals surface area contributed by atoms with E-state index in [1.54, 1.807) is 0 Å². The Labute approximate surface area is 105 Å². The first kappa shape index (κ1) is 14.7. The minimum atomic E-state index is -4.62. The largest absolute Gasteiger partial charge is 0.480 e. The highest BCUT2D eigenvalue weighted by atomic mass is 32.1. The summed E-state index contributed by atoms with van der Waals surface area (Å²) in [5, 5.41) is 11.2. The molecule has 0 aliphatic heterocycles. The van der Waals surface area contributed by atoms with Crippen LogP contribution in [-0.4, -0.2) is 26.5 Å². The van der Waals surface area contributed by atoms with Crippen molar-refractivity contribution in [1.82, 2.24) is 9.36 Å². The van der Waals surface area contributed by atoms with Gasteiger partial charge in [0.2, 0.25) is 11.0 Å². The second kappa shape index (κ2) is 5.51. The Bertz CT molecular complexity index is 419. The molecule has 1 aromatic rings. The van der Waals surface area contributed by atoms with E-state index in [-0.39, 0.29) is 17.5 Å². The smallest absolute Gasteiger partial charge is 0.452 e. The average Bonchev–Trinajstić information content (AvgIpc) is 2.63. The first-order chi connectivity index (χ1) is 8.20. The monoisotopic (exact) mass is 283 g/mol. The van der Waals surface area contributed by atoms with Crippen LogP contribution in [0.15, 0.2) is 0 Å². The molecule has 102 valence electrons. The number of rotatable bonds is 5. The number of carboxylic acids is 1. The molecule has 2 N–H and O–H groups in total. The van der Waals surface area contributed by atoms with Gasteiger partial charge in [0.1, 0.15) is 6.04 Å². The molecule has 0 spiro atoms. The topological polar surface area (TPSA) is 75.1 Å². The molecule has 0 saturated carbocycles. The van der Waals surface area contributed by atoms with E-state index >= 15 is 0 Å². The molecule has 1 heterocycles. The summed E-state index contributed by atoms with van der Waals surface area (Å²) in [6.07, 6.45) is -4.33. The van der Waals surface area contributed by atoms with Gasteiger partial charge in [-0.25, -0.2) is 4.79 Å². The number of aliphatic carboxylic acids is 1. The van der Waals surface area contributed by atoms with Crippen molar-refractivity contribution in [2.45, 2.75) is 32.5 Å². The van der Waals surface area contributed by atoms with Crippen LogP contribution >= 0.6 is 11.5 Å². The Hall–Kier alpha value is -1.38. The Morgan fingerprint density at radius 3 is 2.50 bits per heavy atom. The van der Waals surface area contributed by atoms with Crippen LogP contribution in [0.2, 0.25) is 0 Å². The number of carboxylic acid groups (broad SMARTS) is 1. The average molecular weight is 283 g/mol. The number of aromatic nitrogens is 2. The SMILES string of the molecule is CC(C)C[C@@H](Nc1nc(C(F)(F)F)ns1)C(=O)O. The fourth-order valence-corrected chi connectivity index (χ4v) is 1.88. The van der Waals surface area contributed by atoms with Gasteiger partial charge in [-0.15, -0.1) is 0 Å². The highest BCUT2D eigenvalue weighted by Crippen LogP contribution is 2.29. The summed E-state index contributed by atoms with van der Waals surface area (Å²) in [5.74, 6) is -2.30. The quantitative estimate of drug-likeness (QED) is 0.868. The number of carbonyl (C=O) groups is 1. The minimum absolute atomic E-state index is 0.0913. The third-order valence-corrected chi connectivity index (χ3v) is 2.63. The molecule has 0 unspecified atom stereocenters. The van der Waals surface area contributed by atoms with Crippen molar-refractivity contribution in [3.8, 4) is 0 Å². The zero-order valence-corrected chi connectivity index (χ0v) is 10.5. The van der Waals surface area contributed by atoms with Gasteiger partial charge in [-0.05, 0) is 12.3 Å². The van der Waals surface area contributed by atoms with Crippen LogP contribution in [0.25, 0.3) is 0 Å². The second-order valence-electron chi connectivity index (χ2n) is 4.09. The van der Waals surface area contributed by atoms with E-state index in [1.807, 2.05) is 13.8 Å². The van der Waals surface area contributed by atoms with Gasteiger partial charge >= 0.3 is 12.1 Å². The third kappa shape index (κ3) is 4.13. The summed E-state index contributed by atoms with van der Waals surface area (Å²) in [6.45, 7) is 3.64. The standard InChI is InChI=1S/C9H12F3N3O2S/c1-4(2)3-5(6(16)17)13-8-14-7(15-18-8)9(10,11)12/h4-5H,3H2,1-2H3,(H,16,17)(H,13,14,15)/t5-/m1/s1. The molecule has 5 nitrogen and oxygen atoms in total. The maximum atomic E-state index is 12.2. The van der Waals surface area contributed by atoms with Crippen LogP contribution in [0.1, 0.15) is 26.1 Å². The zero-order valence-electron chi connectivity index (χ0n) is 9.65. The van der Waals surface area contributed by atoms with Crippen molar-refractivity contribution in [2.24, 2.45) is 5.92 Å². The van der Waals surface area contributed by atoms with Gasteiger partial charge in [0, 0.05) is 11.5 Å². The van der Waals surface area contributed by atoms with Crippen LogP contribution in [-0.2, 0) is 11.0 Å². The fraction of sp³-hybridized carbons (Fsp3) is 0.667. The second-order valence-corrected chi connectivity index (χ2v) is 4.84. The number of hydrogen-bond acceptors (Lipinski definition) is 5. The molecule has 0 fully saturated rings. The normalized spacial score (nSPS) is 13.7. The summed E-state index contributed by atoms with van der Waals surface area (Å²) in [6, 6.07) is -0.973. The molecule has 0 bridgehead atoms. The Morgan fingerprint density at radius 2 is 2.11 bits per heavy atom. The minimum Gasteiger partial charge on any atom is -0.480 e. The molecular weight excluding hydrogens is 271 g/mol. The summed E-state index contributed by atoms with van der Waals surface area (Å²) in [7, 11) is 0. The van der Waals surface area contributed by atoms with Crippen LogP contribution in [0.4, 0.5) is 18.3 Å². The van der Waals surface area contributed by atoms with Crippen LogP contribution in [0, 0.1) is 5.92 Å². The van der Waals surface area contributed by atoms with Gasteiger partial charge in [0.15, 0.2) is 0 Å². The number of alkyl halides is 3. The molecule has 1 atom stereocenters. The van der Waals surface area contributed by atoms with E-state index in [1.165, 1.54) is 0 Å². The lowest BCUT2D eigenvalue weighted by molar-refractivity contribution is -0.144. The Balaban J connectivity index is 2.76. The number of anilines is 1. The van der Waals surface area contributed by atoms with Gasteiger partial charge < -0.3 is 10.4 Å². The maximum absolute atomic E-state index is 12.2. The summed E-state index contributed by atoms with van der Waals surface area (Å²) < 4.78 is 39.9. The number of hydrogen-bond donors (Lipinski definition) is 2. The highest BCUT2D eigenvalue weighted by Gasteiger charge is 2.36. The van der Waals surface area contributed by atoms with Gasteiger partial charge in [-0.3, -0.25) is 0 Å². The van der Waals surface area contributed by atoms with Crippen LogP contribution in [0.5, 0.6) is 0 Å². The van der Waals surface area contributed by atoms with E-state index in [4.69, 9.17) is 5.11 Å². The number of nitrogens with zero attached hydrogens (tertiary/aromatic N) is 2. The zero-order chi connectivity index (χ0) is 13.9. The van der Waals surface area contributed by atoms with Crippen LogP contribution < -0.4 is 5.32 Å². The molecule has 9 heteroatoms. The predicted molar refractivity (Wildman–Crippen MR) is 59.4 cm³/mol. The Kier molecular flexibility index (Phi) is 4.49. The molecule has 0 radical (unpaired) electrons. The van der Waals surface area contributed by atoms with Crippen molar-refractivity contribution < 1.29 is 23.1 Å². The van der Waals surface area contributed by atoms with E-state index < -0.39 is 24.0 Å². The van der Waals surface area contributed by atoms with Crippen molar-refractivity contribution in [3.63, 3.8) is 0 Å². The number of nitrogens with one attached hydrogen (secondary N) is 1. The molecule has 0 amide bonds. The van der Waals surface area contributed by atoms with Crippen molar-refractivity contribution in [1.29, 1.82) is 0 Å². The van der Waals surface area contributed by atoms with E-state index in [2.05, 4.69) is 14.7 Å². The highest BCUT2D eigenvalue weighted by molar-refractivity contribution is 7.09. The van der Waals surface area contributed by atoms with Gasteiger partial charge in [0.25, 0.3) is 0 Å². The van der Waals surface area contributed by atoms with Gasteiger partial charge in [0.05, 0.1) is 0 Å². The lowest BCUT2D eigenvalue weighted by Gasteiger charge is -2.15. The van der Waals surface area contributed by atoms with Crippen molar-refractivity contribution in [2.75, 3.05) is 5.32 Å². The molecule has 0 aromatic carbocycles. The molecule has 1 rings (SSSR count). The lowest BCUT2D eigenvalue weighted by Crippen LogP contribution is -2.30. The predicted octanol–water partition coefficient (Wildman–Crippen LogP) is 2.47. The molecule has 0 saturated heterocycles. The molecule has 0 aliphatic rings. The molecule has 1 aromatic heterocycles.